The molecule has 0 aromatic heterocycles. The van der Waals surface area contributed by atoms with Gasteiger partial charge in [0.15, 0.2) is 5.84 Å². The third kappa shape index (κ3) is 4.07. The van der Waals surface area contributed by atoms with Gasteiger partial charge in [-0.1, -0.05) is 53.0 Å². The van der Waals surface area contributed by atoms with Crippen LogP contribution in [-0.2, 0) is 16.6 Å². The highest BCUT2D eigenvalue weighted by molar-refractivity contribution is 7.90. The summed E-state index contributed by atoms with van der Waals surface area (Å²) in [7, 11) is -3.80. The fraction of sp³-hybridized carbons (Fsp3) is 0.0500. The van der Waals surface area contributed by atoms with E-state index in [2.05, 4.69) is 9.71 Å². The quantitative estimate of drug-likeness (QED) is 0.527. The van der Waals surface area contributed by atoms with Crippen LogP contribution in [-0.4, -0.2) is 14.3 Å². The third-order valence-corrected chi connectivity index (χ3v) is 6.61. The molecule has 1 heterocycles. The Morgan fingerprint density at radius 2 is 1.62 bits per heavy atom. The molecule has 1 N–H and O–H groups in total. The monoisotopic (exact) mass is 466 g/mol. The number of hydrogen-bond acceptors (Lipinski definition) is 4. The van der Waals surface area contributed by atoms with Crippen molar-refractivity contribution >= 4 is 56.3 Å². The van der Waals surface area contributed by atoms with Crippen molar-refractivity contribution in [3.8, 4) is 5.75 Å². The minimum absolute atomic E-state index is 0.131. The van der Waals surface area contributed by atoms with Crippen LogP contribution in [0.4, 0.5) is 5.69 Å². The Hall–Kier alpha value is -2.25. The SMILES string of the molecule is O=S1(=O)N=C(c2ccc(OCc3c(Cl)cccc3Cl)c(Cl)c2)Nc2ccccc21. The number of nitrogens with one attached hydrogen (secondary N) is 1. The molecule has 9 heteroatoms. The summed E-state index contributed by atoms with van der Waals surface area (Å²) in [5.41, 5.74) is 1.62. The number of hydrogen-bond donors (Lipinski definition) is 1. The van der Waals surface area contributed by atoms with Crippen molar-refractivity contribution in [2.45, 2.75) is 11.5 Å². The molecular weight excluding hydrogens is 455 g/mol. The Bertz CT molecular complexity index is 1220. The summed E-state index contributed by atoms with van der Waals surface area (Å²) in [5.74, 6) is 0.595. The second-order valence-corrected chi connectivity index (χ2v) is 8.96. The Balaban J connectivity index is 1.59. The van der Waals surface area contributed by atoms with Gasteiger partial charge in [-0.3, -0.25) is 0 Å². The number of benzene rings is 3. The number of halogens is 3. The van der Waals surface area contributed by atoms with E-state index in [1.165, 1.54) is 6.07 Å². The van der Waals surface area contributed by atoms with Gasteiger partial charge in [-0.15, -0.1) is 4.40 Å². The number of para-hydroxylation sites is 1. The molecule has 0 atom stereocenters. The minimum atomic E-state index is -3.80. The topological polar surface area (TPSA) is 67.8 Å². The Labute approximate surface area is 182 Å². The lowest BCUT2D eigenvalue weighted by molar-refractivity contribution is 0.306. The molecule has 0 bridgehead atoms. The molecule has 0 saturated carbocycles. The standard InChI is InChI=1S/C20H13Cl3N2O3S/c21-14-4-3-5-15(22)13(14)11-28-18-9-8-12(10-16(18)23)20-24-17-6-1-2-7-19(17)29(26,27)25-20/h1-10H,11H2,(H,24,25). The van der Waals surface area contributed by atoms with Gasteiger partial charge in [0.1, 0.15) is 17.3 Å². The molecule has 0 radical (unpaired) electrons. The lowest BCUT2D eigenvalue weighted by Crippen LogP contribution is -2.22. The summed E-state index contributed by atoms with van der Waals surface area (Å²) in [5, 5.41) is 4.31. The van der Waals surface area contributed by atoms with Gasteiger partial charge in [0.2, 0.25) is 0 Å². The van der Waals surface area contributed by atoms with Gasteiger partial charge in [-0.2, -0.15) is 8.42 Å². The van der Waals surface area contributed by atoms with Gasteiger partial charge < -0.3 is 10.1 Å². The molecule has 5 nitrogen and oxygen atoms in total. The first kappa shape index (κ1) is 20.0. The van der Waals surface area contributed by atoms with Crippen LogP contribution >= 0.6 is 34.8 Å². The number of anilines is 1. The molecule has 0 spiro atoms. The summed E-state index contributed by atoms with van der Waals surface area (Å²) in [6.45, 7) is 0.137. The molecule has 0 fully saturated rings. The number of fused-ring (bicyclic) bond motifs is 1. The molecule has 1 aliphatic heterocycles. The Kier molecular flexibility index (Phi) is 5.44. The van der Waals surface area contributed by atoms with E-state index in [1.807, 2.05) is 0 Å². The fourth-order valence-corrected chi connectivity index (χ4v) is 4.70. The van der Waals surface area contributed by atoms with Gasteiger partial charge in [-0.05, 0) is 42.5 Å². The zero-order valence-electron chi connectivity index (χ0n) is 14.7. The van der Waals surface area contributed by atoms with E-state index in [1.54, 1.807) is 54.6 Å². The maximum Gasteiger partial charge on any atom is 0.286 e. The Morgan fingerprint density at radius 1 is 0.897 bits per heavy atom. The molecule has 29 heavy (non-hydrogen) atoms. The van der Waals surface area contributed by atoms with Crippen molar-refractivity contribution in [1.29, 1.82) is 0 Å². The summed E-state index contributed by atoms with van der Waals surface area (Å²) in [6.07, 6.45) is 0. The van der Waals surface area contributed by atoms with E-state index in [-0.39, 0.29) is 17.3 Å². The van der Waals surface area contributed by atoms with Crippen LogP contribution in [0.2, 0.25) is 15.1 Å². The number of sulfonamides is 1. The highest BCUT2D eigenvalue weighted by atomic mass is 35.5. The number of ether oxygens (including phenoxy) is 1. The maximum absolute atomic E-state index is 12.4. The first-order valence-electron chi connectivity index (χ1n) is 8.42. The summed E-state index contributed by atoms with van der Waals surface area (Å²) in [6, 6.07) is 16.7. The molecule has 0 aliphatic carbocycles. The van der Waals surface area contributed by atoms with E-state index in [0.717, 1.165) is 0 Å². The fourth-order valence-electron chi connectivity index (χ4n) is 2.82. The van der Waals surface area contributed by atoms with Crippen LogP contribution in [0, 0.1) is 0 Å². The Morgan fingerprint density at radius 3 is 2.34 bits per heavy atom. The van der Waals surface area contributed by atoms with Crippen molar-refractivity contribution < 1.29 is 13.2 Å². The molecule has 3 aromatic carbocycles. The van der Waals surface area contributed by atoms with Crippen LogP contribution in [0.1, 0.15) is 11.1 Å². The van der Waals surface area contributed by atoms with Gasteiger partial charge >= 0.3 is 0 Å². The van der Waals surface area contributed by atoms with Crippen molar-refractivity contribution in [3.05, 3.63) is 86.9 Å². The van der Waals surface area contributed by atoms with Crippen molar-refractivity contribution in [3.63, 3.8) is 0 Å². The minimum Gasteiger partial charge on any atom is -0.487 e. The van der Waals surface area contributed by atoms with Crippen molar-refractivity contribution in [2.24, 2.45) is 4.40 Å². The summed E-state index contributed by atoms with van der Waals surface area (Å²) in [4.78, 5) is 0.131. The predicted octanol–water partition coefficient (Wildman–Crippen LogP) is 5.79. The van der Waals surface area contributed by atoms with Crippen molar-refractivity contribution in [2.75, 3.05) is 5.32 Å². The number of rotatable bonds is 4. The normalized spacial score (nSPS) is 14.5. The van der Waals surface area contributed by atoms with Gasteiger partial charge in [0, 0.05) is 21.2 Å². The summed E-state index contributed by atoms with van der Waals surface area (Å²) < 4.78 is 34.4. The highest BCUT2D eigenvalue weighted by Gasteiger charge is 2.25. The van der Waals surface area contributed by atoms with Crippen molar-refractivity contribution in [1.82, 2.24) is 0 Å². The molecule has 1 aliphatic rings. The summed E-state index contributed by atoms with van der Waals surface area (Å²) >= 11 is 18.6. The van der Waals surface area contributed by atoms with Crippen LogP contribution in [0.3, 0.4) is 0 Å². The highest BCUT2D eigenvalue weighted by Crippen LogP contribution is 2.32. The zero-order valence-corrected chi connectivity index (χ0v) is 17.8. The molecule has 0 unspecified atom stereocenters. The second-order valence-electron chi connectivity index (χ2n) is 6.17. The lowest BCUT2D eigenvalue weighted by atomic mass is 10.2. The van der Waals surface area contributed by atoms with E-state index in [0.29, 0.717) is 37.6 Å². The van der Waals surface area contributed by atoms with Crippen LogP contribution < -0.4 is 10.1 Å². The second kappa shape index (κ2) is 7.88. The lowest BCUT2D eigenvalue weighted by Gasteiger charge is -2.18. The first-order valence-corrected chi connectivity index (χ1v) is 11.0. The van der Waals surface area contributed by atoms with Crippen LogP contribution in [0.15, 0.2) is 70.0 Å². The molecular formula is C20H13Cl3N2O3S. The molecule has 0 amide bonds. The third-order valence-electron chi connectivity index (χ3n) is 4.27. The van der Waals surface area contributed by atoms with E-state index in [4.69, 9.17) is 39.5 Å². The van der Waals surface area contributed by atoms with Gasteiger partial charge in [0.05, 0.1) is 10.7 Å². The van der Waals surface area contributed by atoms with E-state index in [9.17, 15) is 8.42 Å². The molecule has 4 rings (SSSR count). The van der Waals surface area contributed by atoms with Gasteiger partial charge in [0.25, 0.3) is 10.0 Å². The molecule has 148 valence electrons. The largest absolute Gasteiger partial charge is 0.487 e. The first-order chi connectivity index (χ1) is 13.8. The maximum atomic E-state index is 12.4. The average molecular weight is 468 g/mol. The molecule has 0 saturated heterocycles. The average Bonchev–Trinajstić information content (AvgIpc) is 2.68. The predicted molar refractivity (Wildman–Crippen MR) is 116 cm³/mol. The van der Waals surface area contributed by atoms with Crippen LogP contribution in [0.25, 0.3) is 0 Å². The van der Waals surface area contributed by atoms with Crippen LogP contribution in [0.5, 0.6) is 5.75 Å². The van der Waals surface area contributed by atoms with E-state index < -0.39 is 10.0 Å². The van der Waals surface area contributed by atoms with E-state index >= 15 is 0 Å². The zero-order chi connectivity index (χ0) is 20.6. The smallest absolute Gasteiger partial charge is 0.286 e. The molecule has 3 aromatic rings. The van der Waals surface area contributed by atoms with Gasteiger partial charge in [-0.25, -0.2) is 0 Å². The number of nitrogens with zero attached hydrogens (tertiary/aromatic N) is 1. The number of amidine groups is 1.